The molecule has 0 radical (unpaired) electrons. The van der Waals surface area contributed by atoms with Gasteiger partial charge in [-0.25, -0.2) is 0 Å². The lowest BCUT2D eigenvalue weighted by Crippen LogP contribution is -2.55. The first kappa shape index (κ1) is 19.3. The fourth-order valence-electron chi connectivity index (χ4n) is 3.01. The van der Waals surface area contributed by atoms with Crippen LogP contribution in [0.1, 0.15) is 26.2 Å². The monoisotopic (exact) mass is 433 g/mol. The summed E-state index contributed by atoms with van der Waals surface area (Å²) in [6.07, 6.45) is -11.1. The molecule has 3 unspecified atom stereocenters. The van der Waals surface area contributed by atoms with Crippen molar-refractivity contribution in [1.82, 2.24) is 3.53 Å². The summed E-state index contributed by atoms with van der Waals surface area (Å²) in [5, 5.41) is 0. The highest BCUT2D eigenvalue weighted by atomic mass is 127. The average Bonchev–Trinajstić information content (AvgIpc) is 2.35. The topological polar surface area (TPSA) is 21.3 Å². The van der Waals surface area contributed by atoms with Gasteiger partial charge in [0.05, 0.1) is 6.10 Å². The summed E-state index contributed by atoms with van der Waals surface area (Å²) in [5.74, 6) is -1.85. The first-order valence-electron chi connectivity index (χ1n) is 6.48. The van der Waals surface area contributed by atoms with E-state index in [9.17, 15) is 26.3 Å². The summed E-state index contributed by atoms with van der Waals surface area (Å²) in [7, 11) is 1.43. The normalized spacial score (nSPS) is 28.7. The zero-order valence-corrected chi connectivity index (χ0v) is 13.8. The zero-order chi connectivity index (χ0) is 16.5. The van der Waals surface area contributed by atoms with Crippen molar-refractivity contribution in [2.24, 2.45) is 17.3 Å². The molecule has 1 saturated carbocycles. The molecule has 0 aromatic heterocycles. The van der Waals surface area contributed by atoms with Crippen LogP contribution in [-0.4, -0.2) is 32.1 Å². The van der Waals surface area contributed by atoms with Gasteiger partial charge >= 0.3 is 12.4 Å². The second-order valence-electron chi connectivity index (χ2n) is 5.58. The number of rotatable bonds is 4. The maximum atomic E-state index is 13.1. The minimum Gasteiger partial charge on any atom is -0.381 e. The van der Waals surface area contributed by atoms with E-state index in [1.54, 1.807) is 0 Å². The summed E-state index contributed by atoms with van der Waals surface area (Å²) < 4.78 is 86.6. The van der Waals surface area contributed by atoms with Crippen LogP contribution in [0.3, 0.4) is 0 Å². The lowest BCUT2D eigenvalue weighted by molar-refractivity contribution is -0.356. The van der Waals surface area contributed by atoms with Gasteiger partial charge < -0.3 is 4.74 Å². The molecule has 1 fully saturated rings. The van der Waals surface area contributed by atoms with E-state index in [-0.39, 0.29) is 38.2 Å². The lowest BCUT2D eigenvalue weighted by Gasteiger charge is -2.45. The van der Waals surface area contributed by atoms with Crippen molar-refractivity contribution in [2.45, 2.75) is 44.6 Å². The van der Waals surface area contributed by atoms with Gasteiger partial charge in [-0.1, -0.05) is 0 Å². The van der Waals surface area contributed by atoms with Crippen LogP contribution in [0.15, 0.2) is 0 Å². The molecule has 1 aliphatic rings. The first-order valence-corrected chi connectivity index (χ1v) is 7.56. The van der Waals surface area contributed by atoms with Crippen LogP contribution in [-0.2, 0) is 4.74 Å². The highest BCUT2D eigenvalue weighted by Gasteiger charge is 2.70. The van der Waals surface area contributed by atoms with Crippen molar-refractivity contribution in [2.75, 3.05) is 13.7 Å². The minimum atomic E-state index is -5.32. The third kappa shape index (κ3) is 3.77. The van der Waals surface area contributed by atoms with Crippen molar-refractivity contribution in [3.05, 3.63) is 0 Å². The largest absolute Gasteiger partial charge is 0.403 e. The maximum Gasteiger partial charge on any atom is 0.403 e. The average molecular weight is 433 g/mol. The smallest absolute Gasteiger partial charge is 0.381 e. The van der Waals surface area contributed by atoms with Gasteiger partial charge in [-0.15, -0.1) is 0 Å². The van der Waals surface area contributed by atoms with Crippen LogP contribution < -0.4 is 3.53 Å². The van der Waals surface area contributed by atoms with E-state index in [1.165, 1.54) is 7.11 Å². The van der Waals surface area contributed by atoms with Crippen LogP contribution in [0.2, 0.25) is 0 Å². The second kappa shape index (κ2) is 6.77. The van der Waals surface area contributed by atoms with Crippen molar-refractivity contribution < 1.29 is 31.1 Å². The molecule has 0 amide bonds. The molecule has 0 spiro atoms. The summed E-state index contributed by atoms with van der Waals surface area (Å²) in [5.41, 5.74) is -3.68. The van der Waals surface area contributed by atoms with Crippen LogP contribution in [0.25, 0.3) is 0 Å². The zero-order valence-electron chi connectivity index (χ0n) is 11.6. The summed E-state index contributed by atoms with van der Waals surface area (Å²) in [6.45, 7) is 0.598. The van der Waals surface area contributed by atoms with Crippen LogP contribution in [0.4, 0.5) is 26.3 Å². The molecular formula is C12H18F6INO. The third-order valence-electron chi connectivity index (χ3n) is 4.55. The molecule has 3 atom stereocenters. The molecule has 0 bridgehead atoms. The van der Waals surface area contributed by atoms with E-state index >= 15 is 0 Å². The Morgan fingerprint density at radius 1 is 1.10 bits per heavy atom. The predicted molar refractivity (Wildman–Crippen MR) is 73.9 cm³/mol. The molecule has 1 rings (SSSR count). The molecule has 0 saturated heterocycles. The Hall–Kier alpha value is 0.230. The number of halogens is 7. The Morgan fingerprint density at radius 3 is 2.00 bits per heavy atom. The summed E-state index contributed by atoms with van der Waals surface area (Å²) in [4.78, 5) is 0. The third-order valence-corrected chi connectivity index (χ3v) is 4.99. The molecule has 0 aliphatic heterocycles. The predicted octanol–water partition coefficient (Wildman–Crippen LogP) is 4.49. The van der Waals surface area contributed by atoms with E-state index in [0.717, 1.165) is 0 Å². The molecular weight excluding hydrogens is 415 g/mol. The Bertz CT molecular complexity index is 332. The molecule has 0 aromatic carbocycles. The SMILES string of the molecule is COC1CCC(C(C)(C(F)(F)F)C(F)(F)F)CC1CNI. The number of alkyl halides is 6. The van der Waals surface area contributed by atoms with Crippen molar-refractivity contribution in [3.63, 3.8) is 0 Å². The lowest BCUT2D eigenvalue weighted by atomic mass is 9.65. The van der Waals surface area contributed by atoms with Gasteiger partial charge in [-0.3, -0.25) is 3.53 Å². The van der Waals surface area contributed by atoms with E-state index in [0.29, 0.717) is 6.54 Å². The second-order valence-corrected chi connectivity index (χ2v) is 6.34. The van der Waals surface area contributed by atoms with E-state index < -0.39 is 23.7 Å². The van der Waals surface area contributed by atoms with Crippen molar-refractivity contribution in [1.29, 1.82) is 0 Å². The van der Waals surface area contributed by atoms with E-state index in [4.69, 9.17) is 4.74 Å². The van der Waals surface area contributed by atoms with E-state index in [2.05, 4.69) is 3.53 Å². The van der Waals surface area contributed by atoms with Gasteiger partial charge in [0.15, 0.2) is 5.41 Å². The quantitative estimate of drug-likeness (QED) is 0.401. The molecule has 1 N–H and O–H groups in total. The highest BCUT2D eigenvalue weighted by Crippen LogP contribution is 2.58. The van der Waals surface area contributed by atoms with Gasteiger partial charge in [0.2, 0.25) is 0 Å². The fraction of sp³-hybridized carbons (Fsp3) is 1.00. The van der Waals surface area contributed by atoms with Gasteiger partial charge in [0, 0.05) is 36.5 Å². The Labute approximate surface area is 133 Å². The van der Waals surface area contributed by atoms with Gasteiger partial charge in [-0.05, 0) is 38.0 Å². The maximum absolute atomic E-state index is 13.1. The molecule has 21 heavy (non-hydrogen) atoms. The number of hydrogen-bond donors (Lipinski definition) is 1. The molecule has 1 aliphatic carbocycles. The Kier molecular flexibility index (Phi) is 6.22. The molecule has 0 aromatic rings. The van der Waals surface area contributed by atoms with Crippen molar-refractivity contribution in [3.8, 4) is 0 Å². The van der Waals surface area contributed by atoms with Gasteiger partial charge in [0.25, 0.3) is 0 Å². The summed E-state index contributed by atoms with van der Waals surface area (Å²) in [6, 6.07) is 0. The standard InChI is InChI=1S/C12H18F6INO/c1-10(11(13,14)15,12(16,17)18)8-3-4-9(21-2)7(5-8)6-20-19/h7-9,20H,3-6H2,1-2H3. The summed E-state index contributed by atoms with van der Waals surface area (Å²) >= 11 is 1.83. The molecule has 0 heterocycles. The number of hydrogen-bond acceptors (Lipinski definition) is 2. The first-order chi connectivity index (χ1) is 9.49. The Balaban J connectivity index is 3.06. The van der Waals surface area contributed by atoms with Crippen molar-refractivity contribution >= 4 is 22.9 Å². The number of ether oxygens (including phenoxy) is 1. The fourth-order valence-corrected chi connectivity index (χ4v) is 3.57. The van der Waals surface area contributed by atoms with E-state index in [1.807, 2.05) is 22.9 Å². The molecule has 9 heteroatoms. The van der Waals surface area contributed by atoms with Crippen LogP contribution >= 0.6 is 22.9 Å². The van der Waals surface area contributed by atoms with Crippen LogP contribution in [0.5, 0.6) is 0 Å². The van der Waals surface area contributed by atoms with Gasteiger partial charge in [-0.2, -0.15) is 26.3 Å². The Morgan fingerprint density at radius 2 is 1.62 bits per heavy atom. The minimum absolute atomic E-state index is 0.147. The highest BCUT2D eigenvalue weighted by molar-refractivity contribution is 14.1. The molecule has 126 valence electrons. The number of methoxy groups -OCH3 is 1. The molecule has 2 nitrogen and oxygen atoms in total. The number of nitrogens with one attached hydrogen (secondary N) is 1. The van der Waals surface area contributed by atoms with Crippen LogP contribution in [0, 0.1) is 17.3 Å². The van der Waals surface area contributed by atoms with Gasteiger partial charge in [0.1, 0.15) is 0 Å².